The van der Waals surface area contributed by atoms with Crippen molar-refractivity contribution in [2.75, 3.05) is 13.1 Å². The van der Waals surface area contributed by atoms with Gasteiger partial charge in [0.2, 0.25) is 0 Å². The Morgan fingerprint density at radius 2 is 2.55 bits per heavy atom. The molecule has 1 aliphatic heterocycles. The van der Waals surface area contributed by atoms with Crippen molar-refractivity contribution in [3.05, 3.63) is 12.7 Å². The van der Waals surface area contributed by atoms with Crippen molar-refractivity contribution in [3.8, 4) is 0 Å². The first-order valence-corrected chi connectivity index (χ1v) is 3.91. The van der Waals surface area contributed by atoms with Gasteiger partial charge in [0.05, 0.1) is 6.21 Å². The lowest BCUT2D eigenvalue weighted by molar-refractivity contribution is 0.302. The molecule has 0 aromatic heterocycles. The van der Waals surface area contributed by atoms with Gasteiger partial charge in [-0.1, -0.05) is 6.08 Å². The fourth-order valence-corrected chi connectivity index (χ4v) is 1.49. The molecule has 1 N–H and O–H groups in total. The van der Waals surface area contributed by atoms with Crippen molar-refractivity contribution in [3.63, 3.8) is 0 Å². The van der Waals surface area contributed by atoms with Crippen molar-refractivity contribution in [2.24, 2.45) is 5.16 Å². The Bertz CT molecular complexity index is 156. The second-order valence-electron chi connectivity index (χ2n) is 2.76. The van der Waals surface area contributed by atoms with Crippen LogP contribution in [0, 0.1) is 0 Å². The lowest BCUT2D eigenvalue weighted by atomic mass is 10.2. The molecule has 62 valence electrons. The number of hydrogen-bond donors (Lipinski definition) is 1. The van der Waals surface area contributed by atoms with Gasteiger partial charge < -0.3 is 5.21 Å². The van der Waals surface area contributed by atoms with Gasteiger partial charge >= 0.3 is 0 Å². The highest BCUT2D eigenvalue weighted by Gasteiger charge is 2.21. The fourth-order valence-electron chi connectivity index (χ4n) is 1.49. The Labute approximate surface area is 67.0 Å². The Morgan fingerprint density at radius 1 is 1.73 bits per heavy atom. The standard InChI is InChI=1S/C8H14N2O/c1-2-5-10-6-3-4-8(10)7-9-11/h2,7-8,11H,1,3-6H2/b9-7+. The van der Waals surface area contributed by atoms with E-state index in [0.717, 1.165) is 19.5 Å². The molecule has 3 heteroatoms. The van der Waals surface area contributed by atoms with Gasteiger partial charge in [0.25, 0.3) is 0 Å². The van der Waals surface area contributed by atoms with Crippen LogP contribution < -0.4 is 0 Å². The van der Waals surface area contributed by atoms with Crippen LogP contribution in [0.3, 0.4) is 0 Å². The molecule has 0 amide bonds. The number of likely N-dealkylation sites (tertiary alicyclic amines) is 1. The molecule has 1 heterocycles. The number of oxime groups is 1. The van der Waals surface area contributed by atoms with Crippen LogP contribution in [0.15, 0.2) is 17.8 Å². The molecule has 0 aliphatic carbocycles. The van der Waals surface area contributed by atoms with Crippen LogP contribution in [-0.2, 0) is 0 Å². The van der Waals surface area contributed by atoms with E-state index in [1.807, 2.05) is 6.08 Å². The largest absolute Gasteiger partial charge is 0.411 e. The summed E-state index contributed by atoms with van der Waals surface area (Å²) in [5, 5.41) is 11.4. The quantitative estimate of drug-likeness (QED) is 0.286. The van der Waals surface area contributed by atoms with Crippen LogP contribution in [0.25, 0.3) is 0 Å². The van der Waals surface area contributed by atoms with Crippen LogP contribution >= 0.6 is 0 Å². The molecule has 1 aliphatic rings. The summed E-state index contributed by atoms with van der Waals surface area (Å²) in [6.07, 6.45) is 5.75. The minimum Gasteiger partial charge on any atom is -0.411 e. The Morgan fingerprint density at radius 3 is 3.18 bits per heavy atom. The second kappa shape index (κ2) is 4.13. The van der Waals surface area contributed by atoms with Crippen LogP contribution in [0.2, 0.25) is 0 Å². The lowest BCUT2D eigenvalue weighted by Gasteiger charge is -2.17. The normalized spacial score (nSPS) is 26.4. The summed E-state index contributed by atoms with van der Waals surface area (Å²) in [6.45, 7) is 5.64. The van der Waals surface area contributed by atoms with Gasteiger partial charge in [0, 0.05) is 12.6 Å². The summed E-state index contributed by atoms with van der Waals surface area (Å²) in [7, 11) is 0. The molecule has 1 saturated heterocycles. The van der Waals surface area contributed by atoms with Crippen LogP contribution in [0.5, 0.6) is 0 Å². The van der Waals surface area contributed by atoms with E-state index in [1.54, 1.807) is 6.21 Å². The predicted molar refractivity (Wildman–Crippen MR) is 45.1 cm³/mol. The molecule has 0 spiro atoms. The molecule has 1 fully saturated rings. The minimum absolute atomic E-state index is 0.318. The maximum absolute atomic E-state index is 8.33. The third-order valence-corrected chi connectivity index (χ3v) is 2.02. The topological polar surface area (TPSA) is 35.8 Å². The van der Waals surface area contributed by atoms with E-state index < -0.39 is 0 Å². The summed E-state index contributed by atoms with van der Waals surface area (Å²) >= 11 is 0. The van der Waals surface area contributed by atoms with E-state index in [2.05, 4.69) is 16.6 Å². The first-order valence-electron chi connectivity index (χ1n) is 3.91. The van der Waals surface area contributed by atoms with Crippen LogP contribution in [0.1, 0.15) is 12.8 Å². The van der Waals surface area contributed by atoms with Gasteiger partial charge in [-0.05, 0) is 19.4 Å². The van der Waals surface area contributed by atoms with Crippen molar-refractivity contribution < 1.29 is 5.21 Å². The summed E-state index contributed by atoms with van der Waals surface area (Å²) in [5.41, 5.74) is 0. The molecular formula is C8H14N2O. The average molecular weight is 154 g/mol. The molecule has 0 aromatic carbocycles. The van der Waals surface area contributed by atoms with Gasteiger partial charge in [-0.3, -0.25) is 4.90 Å². The maximum atomic E-state index is 8.33. The summed E-state index contributed by atoms with van der Waals surface area (Å²) in [5.74, 6) is 0. The minimum atomic E-state index is 0.318. The van der Waals surface area contributed by atoms with E-state index in [9.17, 15) is 0 Å². The summed E-state index contributed by atoms with van der Waals surface area (Å²) in [6, 6.07) is 0.318. The average Bonchev–Trinajstić information content (AvgIpc) is 2.39. The first kappa shape index (κ1) is 8.27. The third kappa shape index (κ3) is 2.05. The molecule has 0 aromatic rings. The van der Waals surface area contributed by atoms with Gasteiger partial charge in [0.1, 0.15) is 0 Å². The van der Waals surface area contributed by atoms with Gasteiger partial charge in [-0.15, -0.1) is 11.7 Å². The molecule has 1 unspecified atom stereocenters. The molecule has 0 radical (unpaired) electrons. The fraction of sp³-hybridized carbons (Fsp3) is 0.625. The molecule has 0 bridgehead atoms. The zero-order chi connectivity index (χ0) is 8.10. The van der Waals surface area contributed by atoms with Gasteiger partial charge in [-0.25, -0.2) is 0 Å². The number of rotatable bonds is 3. The molecule has 1 atom stereocenters. The first-order chi connectivity index (χ1) is 5.38. The Kier molecular flexibility index (Phi) is 3.11. The van der Waals surface area contributed by atoms with Crippen molar-refractivity contribution in [1.29, 1.82) is 0 Å². The zero-order valence-electron chi connectivity index (χ0n) is 6.61. The van der Waals surface area contributed by atoms with Gasteiger partial charge in [0.15, 0.2) is 0 Å². The molecule has 3 nitrogen and oxygen atoms in total. The predicted octanol–water partition coefficient (Wildman–Crippen LogP) is 1.10. The highest BCUT2D eigenvalue weighted by molar-refractivity contribution is 5.64. The van der Waals surface area contributed by atoms with Crippen molar-refractivity contribution >= 4 is 6.21 Å². The van der Waals surface area contributed by atoms with Crippen molar-refractivity contribution in [2.45, 2.75) is 18.9 Å². The highest BCUT2D eigenvalue weighted by Crippen LogP contribution is 2.14. The van der Waals surface area contributed by atoms with Crippen LogP contribution in [0.4, 0.5) is 0 Å². The van der Waals surface area contributed by atoms with E-state index in [1.165, 1.54) is 6.42 Å². The lowest BCUT2D eigenvalue weighted by Crippen LogP contribution is -2.30. The van der Waals surface area contributed by atoms with E-state index in [0.29, 0.717) is 6.04 Å². The van der Waals surface area contributed by atoms with Crippen molar-refractivity contribution in [1.82, 2.24) is 4.90 Å². The SMILES string of the molecule is C=CCN1CCCC1/C=N/O. The van der Waals surface area contributed by atoms with E-state index >= 15 is 0 Å². The molecule has 1 rings (SSSR count). The van der Waals surface area contributed by atoms with E-state index in [4.69, 9.17) is 5.21 Å². The Balaban J connectivity index is 2.43. The van der Waals surface area contributed by atoms with E-state index in [-0.39, 0.29) is 0 Å². The van der Waals surface area contributed by atoms with Crippen LogP contribution in [-0.4, -0.2) is 35.5 Å². The monoisotopic (exact) mass is 154 g/mol. The summed E-state index contributed by atoms with van der Waals surface area (Å²) < 4.78 is 0. The number of hydrogen-bond acceptors (Lipinski definition) is 3. The maximum Gasteiger partial charge on any atom is 0.0607 e. The molecule has 0 saturated carbocycles. The second-order valence-corrected chi connectivity index (χ2v) is 2.76. The molecular weight excluding hydrogens is 140 g/mol. The third-order valence-electron chi connectivity index (χ3n) is 2.02. The Hall–Kier alpha value is -0.830. The summed E-state index contributed by atoms with van der Waals surface area (Å²) in [4.78, 5) is 2.24. The zero-order valence-corrected chi connectivity index (χ0v) is 6.61. The number of nitrogens with zero attached hydrogens (tertiary/aromatic N) is 2. The highest BCUT2D eigenvalue weighted by atomic mass is 16.4. The smallest absolute Gasteiger partial charge is 0.0607 e. The van der Waals surface area contributed by atoms with Gasteiger partial charge in [-0.2, -0.15) is 0 Å². The molecule has 11 heavy (non-hydrogen) atoms.